The molecule has 0 aromatic carbocycles. The second-order valence-corrected chi connectivity index (χ2v) is 4.94. The van der Waals surface area contributed by atoms with Gasteiger partial charge in [0.2, 0.25) is 0 Å². The van der Waals surface area contributed by atoms with Crippen molar-refractivity contribution in [2.24, 2.45) is 5.73 Å². The molecule has 0 fully saturated rings. The third-order valence-corrected chi connectivity index (χ3v) is 3.36. The summed E-state index contributed by atoms with van der Waals surface area (Å²) in [6.07, 6.45) is 1.93. The molecule has 1 aromatic heterocycles. The number of methoxy groups -OCH3 is 1. The number of likely N-dealkylation sites (N-methyl/N-ethyl adjacent to an activating group) is 2. The molecule has 20 heavy (non-hydrogen) atoms. The average Bonchev–Trinajstić information content (AvgIpc) is 2.44. The van der Waals surface area contributed by atoms with Crippen LogP contribution in [0.3, 0.4) is 0 Å². The van der Waals surface area contributed by atoms with Crippen LogP contribution in [0.15, 0.2) is 18.3 Å². The molecule has 6 heteroatoms. The first-order valence-corrected chi connectivity index (χ1v) is 6.63. The van der Waals surface area contributed by atoms with Crippen molar-refractivity contribution in [2.45, 2.75) is 19.5 Å². The zero-order valence-corrected chi connectivity index (χ0v) is 13.7. The van der Waals surface area contributed by atoms with Crippen molar-refractivity contribution in [1.82, 2.24) is 9.88 Å². The largest absolute Gasteiger partial charge is 0.383 e. The summed E-state index contributed by atoms with van der Waals surface area (Å²) >= 11 is 0. The molecule has 116 valence electrons. The number of aromatic nitrogens is 1. The Balaban J connectivity index is 0.00000361. The number of hydrogen-bond donors (Lipinski definition) is 1. The van der Waals surface area contributed by atoms with Crippen molar-refractivity contribution >= 4 is 18.2 Å². The Morgan fingerprint density at radius 1 is 1.35 bits per heavy atom. The molecule has 5 nitrogen and oxygen atoms in total. The Bertz CT molecular complexity index is 361. The van der Waals surface area contributed by atoms with Gasteiger partial charge < -0.3 is 15.4 Å². The van der Waals surface area contributed by atoms with Crippen LogP contribution in [0, 0.1) is 0 Å². The minimum atomic E-state index is 0. The average molecular weight is 303 g/mol. The summed E-state index contributed by atoms with van der Waals surface area (Å²) in [6, 6.07) is 4.54. The first-order valence-electron chi connectivity index (χ1n) is 6.63. The van der Waals surface area contributed by atoms with Gasteiger partial charge in [-0.2, -0.15) is 0 Å². The molecule has 1 unspecified atom stereocenters. The summed E-state index contributed by atoms with van der Waals surface area (Å²) in [5.74, 6) is 0.968. The molecular formula is C14H27ClN4O. The fourth-order valence-electron chi connectivity index (χ4n) is 1.70. The van der Waals surface area contributed by atoms with E-state index >= 15 is 0 Å². The molecule has 1 heterocycles. The molecule has 2 N–H and O–H groups in total. The first kappa shape index (κ1) is 19.1. The van der Waals surface area contributed by atoms with Gasteiger partial charge in [-0.1, -0.05) is 6.07 Å². The second-order valence-electron chi connectivity index (χ2n) is 4.94. The highest BCUT2D eigenvalue weighted by molar-refractivity contribution is 5.85. The maximum Gasteiger partial charge on any atom is 0.128 e. The predicted molar refractivity (Wildman–Crippen MR) is 86.6 cm³/mol. The molecule has 0 bridgehead atoms. The Hall–Kier alpha value is -0.880. The second kappa shape index (κ2) is 9.94. The van der Waals surface area contributed by atoms with E-state index in [-0.39, 0.29) is 12.4 Å². The molecule has 0 saturated heterocycles. The van der Waals surface area contributed by atoms with E-state index in [0.717, 1.165) is 18.9 Å². The third kappa shape index (κ3) is 6.05. The van der Waals surface area contributed by atoms with Crippen molar-refractivity contribution in [2.75, 3.05) is 45.8 Å². The number of hydrogen-bond acceptors (Lipinski definition) is 5. The van der Waals surface area contributed by atoms with Crippen LogP contribution < -0.4 is 10.6 Å². The number of halogens is 1. The molecule has 1 atom stereocenters. The van der Waals surface area contributed by atoms with Crippen LogP contribution in [0.5, 0.6) is 0 Å². The number of nitrogens with zero attached hydrogens (tertiary/aromatic N) is 3. The molecule has 0 aliphatic carbocycles. The van der Waals surface area contributed by atoms with Crippen molar-refractivity contribution in [3.63, 3.8) is 0 Å². The highest BCUT2D eigenvalue weighted by atomic mass is 35.5. The van der Waals surface area contributed by atoms with Gasteiger partial charge in [0.1, 0.15) is 5.82 Å². The summed E-state index contributed by atoms with van der Waals surface area (Å²) in [4.78, 5) is 8.79. The number of ether oxygens (including phenoxy) is 1. The minimum Gasteiger partial charge on any atom is -0.383 e. The van der Waals surface area contributed by atoms with Crippen molar-refractivity contribution in [3.8, 4) is 0 Å². The maximum absolute atomic E-state index is 5.66. The van der Waals surface area contributed by atoms with E-state index in [4.69, 9.17) is 10.5 Å². The standard InChI is InChI=1S/C14H26N4O.ClH/c1-12(9-15)18(3)11-13-5-6-14(16-10-13)17(2)7-8-19-4;/h5-6,10,12H,7-9,11,15H2,1-4H3;1H. The summed E-state index contributed by atoms with van der Waals surface area (Å²) in [7, 11) is 5.80. The van der Waals surface area contributed by atoms with Crippen LogP contribution in [-0.4, -0.2) is 56.8 Å². The quantitative estimate of drug-likeness (QED) is 0.786. The van der Waals surface area contributed by atoms with E-state index in [1.165, 1.54) is 5.56 Å². The van der Waals surface area contributed by atoms with Crippen LogP contribution in [0.2, 0.25) is 0 Å². The Morgan fingerprint density at radius 2 is 2.05 bits per heavy atom. The lowest BCUT2D eigenvalue weighted by atomic mass is 10.2. The number of anilines is 1. The molecule has 0 spiro atoms. The predicted octanol–water partition coefficient (Wildman–Crippen LogP) is 1.36. The van der Waals surface area contributed by atoms with Gasteiger partial charge in [-0.05, 0) is 25.6 Å². The van der Waals surface area contributed by atoms with E-state index in [0.29, 0.717) is 19.2 Å². The summed E-state index contributed by atoms with van der Waals surface area (Å²) in [6.45, 7) is 5.21. The van der Waals surface area contributed by atoms with Gasteiger partial charge in [0, 0.05) is 46.0 Å². The lowest BCUT2D eigenvalue weighted by molar-refractivity contribution is 0.206. The minimum absolute atomic E-state index is 0. The lowest BCUT2D eigenvalue weighted by Crippen LogP contribution is -2.34. The Labute approximate surface area is 128 Å². The molecular weight excluding hydrogens is 276 g/mol. The SMILES string of the molecule is COCCN(C)c1ccc(CN(C)C(C)CN)cn1.Cl. The van der Waals surface area contributed by atoms with Crippen molar-refractivity contribution in [1.29, 1.82) is 0 Å². The number of rotatable bonds is 8. The molecule has 1 rings (SSSR count). The highest BCUT2D eigenvalue weighted by Gasteiger charge is 2.08. The Morgan fingerprint density at radius 3 is 2.55 bits per heavy atom. The zero-order valence-electron chi connectivity index (χ0n) is 12.9. The smallest absolute Gasteiger partial charge is 0.128 e. The summed E-state index contributed by atoms with van der Waals surface area (Å²) in [5, 5.41) is 0. The Kier molecular flexibility index (Phi) is 9.50. The van der Waals surface area contributed by atoms with E-state index in [2.05, 4.69) is 34.8 Å². The monoisotopic (exact) mass is 302 g/mol. The van der Waals surface area contributed by atoms with Gasteiger partial charge in [0.05, 0.1) is 6.61 Å². The van der Waals surface area contributed by atoms with Crippen LogP contribution in [0.1, 0.15) is 12.5 Å². The van der Waals surface area contributed by atoms with Crippen LogP contribution in [-0.2, 0) is 11.3 Å². The number of nitrogens with two attached hydrogens (primary N) is 1. The van der Waals surface area contributed by atoms with Gasteiger partial charge in [-0.15, -0.1) is 12.4 Å². The maximum atomic E-state index is 5.66. The van der Waals surface area contributed by atoms with Gasteiger partial charge in [0.15, 0.2) is 0 Å². The van der Waals surface area contributed by atoms with Crippen LogP contribution in [0.4, 0.5) is 5.82 Å². The molecule has 1 aromatic rings. The van der Waals surface area contributed by atoms with Crippen LogP contribution >= 0.6 is 12.4 Å². The molecule has 0 aliphatic rings. The van der Waals surface area contributed by atoms with E-state index < -0.39 is 0 Å². The third-order valence-electron chi connectivity index (χ3n) is 3.36. The van der Waals surface area contributed by atoms with E-state index in [1.807, 2.05) is 19.3 Å². The molecule has 0 aliphatic heterocycles. The van der Waals surface area contributed by atoms with Gasteiger partial charge in [-0.25, -0.2) is 4.98 Å². The zero-order chi connectivity index (χ0) is 14.3. The topological polar surface area (TPSA) is 54.6 Å². The van der Waals surface area contributed by atoms with E-state index in [9.17, 15) is 0 Å². The molecule has 0 saturated carbocycles. The number of pyridine rings is 1. The molecule has 0 radical (unpaired) electrons. The van der Waals surface area contributed by atoms with Crippen LogP contribution in [0.25, 0.3) is 0 Å². The lowest BCUT2D eigenvalue weighted by Gasteiger charge is -2.23. The first-order chi connectivity index (χ1) is 9.08. The summed E-state index contributed by atoms with van der Waals surface area (Å²) < 4.78 is 5.06. The highest BCUT2D eigenvalue weighted by Crippen LogP contribution is 2.11. The normalized spacial score (nSPS) is 12.1. The van der Waals surface area contributed by atoms with Gasteiger partial charge >= 0.3 is 0 Å². The van der Waals surface area contributed by atoms with E-state index in [1.54, 1.807) is 7.11 Å². The van der Waals surface area contributed by atoms with Crippen molar-refractivity contribution in [3.05, 3.63) is 23.9 Å². The summed E-state index contributed by atoms with van der Waals surface area (Å²) in [5.41, 5.74) is 6.86. The fraction of sp³-hybridized carbons (Fsp3) is 0.643. The molecule has 0 amide bonds. The fourth-order valence-corrected chi connectivity index (χ4v) is 1.70. The van der Waals surface area contributed by atoms with Crippen molar-refractivity contribution < 1.29 is 4.74 Å². The van der Waals surface area contributed by atoms with Gasteiger partial charge in [0.25, 0.3) is 0 Å². The van der Waals surface area contributed by atoms with Gasteiger partial charge in [-0.3, -0.25) is 4.90 Å².